The van der Waals surface area contributed by atoms with Crippen LogP contribution in [0.2, 0.25) is 0 Å². The number of pyridine rings is 1. The molecule has 106 valence electrons. The molecule has 1 saturated carbocycles. The van der Waals surface area contributed by atoms with Crippen molar-refractivity contribution >= 4 is 28.7 Å². The molecule has 1 fully saturated rings. The minimum atomic E-state index is 0.158. The fraction of sp³-hybridized carbons (Fsp3) is 0.500. The van der Waals surface area contributed by atoms with Crippen molar-refractivity contribution in [2.24, 2.45) is 5.92 Å². The van der Waals surface area contributed by atoms with E-state index in [1.54, 1.807) is 0 Å². The number of rotatable bonds is 5. The van der Waals surface area contributed by atoms with Crippen molar-refractivity contribution < 1.29 is 4.79 Å². The topological polar surface area (TPSA) is 59.8 Å². The number of hydrogen-bond donors (Lipinski definition) is 1. The molecule has 6 heteroatoms. The summed E-state index contributed by atoms with van der Waals surface area (Å²) in [6.07, 6.45) is 3.86. The van der Waals surface area contributed by atoms with Crippen molar-refractivity contribution in [1.82, 2.24) is 19.9 Å². The molecule has 5 nitrogen and oxygen atoms in total. The highest BCUT2D eigenvalue weighted by Gasteiger charge is 2.29. The van der Waals surface area contributed by atoms with Gasteiger partial charge in [-0.25, -0.2) is 9.97 Å². The molecule has 2 aromatic rings. The zero-order valence-corrected chi connectivity index (χ0v) is 12.2. The van der Waals surface area contributed by atoms with Crippen molar-refractivity contribution in [2.75, 3.05) is 6.54 Å². The Kier molecular flexibility index (Phi) is 3.61. The van der Waals surface area contributed by atoms with Crippen LogP contribution in [-0.2, 0) is 17.2 Å². The van der Waals surface area contributed by atoms with Gasteiger partial charge in [-0.05, 0) is 31.4 Å². The Morgan fingerprint density at radius 3 is 3.05 bits per heavy atom. The second kappa shape index (κ2) is 5.40. The minimum absolute atomic E-state index is 0.158. The van der Waals surface area contributed by atoms with Gasteiger partial charge in [0.1, 0.15) is 11.3 Å². The first-order valence-electron chi connectivity index (χ1n) is 6.84. The van der Waals surface area contributed by atoms with Crippen LogP contribution in [-0.4, -0.2) is 27.0 Å². The maximum atomic E-state index is 11.6. The van der Waals surface area contributed by atoms with Crippen molar-refractivity contribution in [3.8, 4) is 0 Å². The molecule has 0 aliphatic heterocycles. The molecule has 0 radical (unpaired) electrons. The SMILES string of the molecule is Cc1cnc2c(c1)nc(CCl)n2CCNC(=O)C1CC1. The van der Waals surface area contributed by atoms with Crippen molar-refractivity contribution in [1.29, 1.82) is 0 Å². The Hall–Kier alpha value is -1.62. The van der Waals surface area contributed by atoms with Crippen LogP contribution < -0.4 is 5.32 Å². The van der Waals surface area contributed by atoms with Crippen LogP contribution in [0.3, 0.4) is 0 Å². The minimum Gasteiger partial charge on any atom is -0.354 e. The summed E-state index contributed by atoms with van der Waals surface area (Å²) >= 11 is 5.95. The molecule has 1 N–H and O–H groups in total. The number of nitrogens with zero attached hydrogens (tertiary/aromatic N) is 3. The Balaban J connectivity index is 1.76. The van der Waals surface area contributed by atoms with Gasteiger partial charge in [-0.3, -0.25) is 4.79 Å². The van der Waals surface area contributed by atoms with E-state index in [0.717, 1.165) is 35.4 Å². The van der Waals surface area contributed by atoms with Crippen LogP contribution in [0.4, 0.5) is 0 Å². The van der Waals surface area contributed by atoms with Crippen LogP contribution in [0.15, 0.2) is 12.3 Å². The summed E-state index contributed by atoms with van der Waals surface area (Å²) in [7, 11) is 0. The number of hydrogen-bond acceptors (Lipinski definition) is 3. The molecule has 0 unspecified atom stereocenters. The number of imidazole rings is 1. The van der Waals surface area contributed by atoms with Gasteiger partial charge in [0, 0.05) is 25.2 Å². The predicted octanol–water partition coefficient (Wildman–Crippen LogP) is 2.00. The molecule has 2 aromatic heterocycles. The third-order valence-electron chi connectivity index (χ3n) is 3.50. The average Bonchev–Trinajstić information content (AvgIpc) is 3.22. The second-order valence-corrected chi connectivity index (χ2v) is 5.50. The van der Waals surface area contributed by atoms with Crippen LogP contribution in [0.1, 0.15) is 24.2 Å². The summed E-state index contributed by atoms with van der Waals surface area (Å²) in [6, 6.07) is 2.00. The Bertz CT molecular complexity index is 648. The first-order chi connectivity index (χ1) is 9.69. The van der Waals surface area contributed by atoms with Crippen LogP contribution >= 0.6 is 11.6 Å². The number of halogens is 1. The van der Waals surface area contributed by atoms with Gasteiger partial charge in [0.05, 0.1) is 5.88 Å². The maximum Gasteiger partial charge on any atom is 0.223 e. The van der Waals surface area contributed by atoms with Crippen molar-refractivity contribution in [3.05, 3.63) is 23.7 Å². The third-order valence-corrected chi connectivity index (χ3v) is 3.74. The molecule has 0 aromatic carbocycles. The lowest BCUT2D eigenvalue weighted by Crippen LogP contribution is -2.28. The van der Waals surface area contributed by atoms with Gasteiger partial charge < -0.3 is 9.88 Å². The molecule has 3 rings (SSSR count). The molecule has 1 aliphatic carbocycles. The predicted molar refractivity (Wildman–Crippen MR) is 77.6 cm³/mol. The molecule has 0 saturated heterocycles. The fourth-order valence-corrected chi connectivity index (χ4v) is 2.48. The number of fused-ring (bicyclic) bond motifs is 1. The normalized spacial score (nSPS) is 14.7. The van der Waals surface area contributed by atoms with E-state index in [1.165, 1.54) is 0 Å². The summed E-state index contributed by atoms with van der Waals surface area (Å²) in [5.74, 6) is 1.53. The summed E-state index contributed by atoms with van der Waals surface area (Å²) in [4.78, 5) is 20.5. The number of carbonyl (C=O) groups excluding carboxylic acids is 1. The monoisotopic (exact) mass is 292 g/mol. The molecule has 2 heterocycles. The van der Waals surface area contributed by atoms with E-state index in [2.05, 4.69) is 15.3 Å². The van der Waals surface area contributed by atoms with E-state index in [9.17, 15) is 4.79 Å². The van der Waals surface area contributed by atoms with Crippen LogP contribution in [0.5, 0.6) is 0 Å². The molecule has 0 spiro atoms. The van der Waals surface area contributed by atoms with E-state index in [0.29, 0.717) is 19.0 Å². The first-order valence-corrected chi connectivity index (χ1v) is 7.38. The summed E-state index contributed by atoms with van der Waals surface area (Å²) in [6.45, 7) is 3.22. The lowest BCUT2D eigenvalue weighted by atomic mass is 10.3. The Labute approximate surface area is 122 Å². The summed E-state index contributed by atoms with van der Waals surface area (Å²) in [5, 5.41) is 2.95. The van der Waals surface area contributed by atoms with E-state index in [1.807, 2.05) is 23.8 Å². The van der Waals surface area contributed by atoms with Gasteiger partial charge in [-0.2, -0.15) is 0 Å². The second-order valence-electron chi connectivity index (χ2n) is 5.23. The Morgan fingerprint density at radius 1 is 1.55 bits per heavy atom. The Morgan fingerprint density at radius 2 is 2.35 bits per heavy atom. The highest BCUT2D eigenvalue weighted by atomic mass is 35.5. The molecule has 20 heavy (non-hydrogen) atoms. The van der Waals surface area contributed by atoms with Gasteiger partial charge >= 0.3 is 0 Å². The van der Waals surface area contributed by atoms with E-state index in [4.69, 9.17) is 11.6 Å². The lowest BCUT2D eigenvalue weighted by molar-refractivity contribution is -0.122. The molecular weight excluding hydrogens is 276 g/mol. The van der Waals surface area contributed by atoms with Crippen LogP contribution in [0.25, 0.3) is 11.2 Å². The van der Waals surface area contributed by atoms with Gasteiger partial charge in [-0.1, -0.05) is 0 Å². The molecule has 0 bridgehead atoms. The highest BCUT2D eigenvalue weighted by Crippen LogP contribution is 2.28. The van der Waals surface area contributed by atoms with E-state index >= 15 is 0 Å². The van der Waals surface area contributed by atoms with Gasteiger partial charge in [-0.15, -0.1) is 11.6 Å². The number of carbonyl (C=O) groups is 1. The van der Waals surface area contributed by atoms with Gasteiger partial charge in [0.15, 0.2) is 5.65 Å². The van der Waals surface area contributed by atoms with Crippen molar-refractivity contribution in [2.45, 2.75) is 32.2 Å². The number of aryl methyl sites for hydroxylation is 1. The van der Waals surface area contributed by atoms with Crippen LogP contribution in [0, 0.1) is 12.8 Å². The largest absolute Gasteiger partial charge is 0.354 e. The summed E-state index contributed by atoms with van der Waals surface area (Å²) in [5.41, 5.74) is 2.76. The maximum absolute atomic E-state index is 11.6. The fourth-order valence-electron chi connectivity index (χ4n) is 2.28. The number of nitrogens with one attached hydrogen (secondary N) is 1. The number of amides is 1. The zero-order chi connectivity index (χ0) is 14.1. The lowest BCUT2D eigenvalue weighted by Gasteiger charge is -2.08. The standard InChI is InChI=1S/C14H17ClN4O/c1-9-6-11-13(17-8-9)19(12(7-15)18-11)5-4-16-14(20)10-2-3-10/h6,8,10H,2-5,7H2,1H3,(H,16,20). The third kappa shape index (κ3) is 2.63. The number of aromatic nitrogens is 3. The van der Waals surface area contributed by atoms with Gasteiger partial charge in [0.25, 0.3) is 0 Å². The molecule has 1 aliphatic rings. The summed E-state index contributed by atoms with van der Waals surface area (Å²) < 4.78 is 1.98. The van der Waals surface area contributed by atoms with E-state index in [-0.39, 0.29) is 11.8 Å². The van der Waals surface area contributed by atoms with E-state index < -0.39 is 0 Å². The number of alkyl halides is 1. The van der Waals surface area contributed by atoms with Gasteiger partial charge in [0.2, 0.25) is 5.91 Å². The quantitative estimate of drug-likeness (QED) is 0.858. The van der Waals surface area contributed by atoms with Crippen molar-refractivity contribution in [3.63, 3.8) is 0 Å². The highest BCUT2D eigenvalue weighted by molar-refractivity contribution is 6.16. The first kappa shape index (κ1) is 13.4. The smallest absolute Gasteiger partial charge is 0.223 e. The average molecular weight is 293 g/mol. The molecule has 0 atom stereocenters. The molecular formula is C14H17ClN4O. The zero-order valence-electron chi connectivity index (χ0n) is 11.4. The molecule has 1 amide bonds.